The number of aliphatic hydroxyl groups excluding tert-OH is 1. The van der Waals surface area contributed by atoms with E-state index in [9.17, 15) is 23.1 Å². The van der Waals surface area contributed by atoms with Gasteiger partial charge in [-0.3, -0.25) is 9.48 Å². The first kappa shape index (κ1) is 26.8. The summed E-state index contributed by atoms with van der Waals surface area (Å²) in [5, 5.41) is 17.7. The maximum atomic E-state index is 14.2. The second-order valence-electron chi connectivity index (χ2n) is 8.84. The highest BCUT2D eigenvalue weighted by molar-refractivity contribution is 6.36. The lowest BCUT2D eigenvalue weighted by molar-refractivity contribution is -0.144. The van der Waals surface area contributed by atoms with Crippen LogP contribution < -0.4 is 0 Å². The number of amides is 1. The van der Waals surface area contributed by atoms with Crippen molar-refractivity contribution in [1.82, 2.24) is 29.8 Å². The molecule has 0 bridgehead atoms. The Morgan fingerprint density at radius 2 is 1.97 bits per heavy atom. The number of carbonyl (C=O) groups excluding carboxylic acids is 1. The minimum atomic E-state index is -4.83. The Morgan fingerprint density at radius 1 is 1.21 bits per heavy atom. The molecule has 1 aliphatic heterocycles. The van der Waals surface area contributed by atoms with Crippen molar-refractivity contribution < 1.29 is 32.3 Å². The Hall–Kier alpha value is -3.81. The number of hydrogen-bond acceptors (Lipinski definition) is 8. The van der Waals surface area contributed by atoms with Crippen LogP contribution in [0.3, 0.4) is 0 Å². The molecule has 1 N–H and O–H groups in total. The average molecular weight is 563 g/mol. The smallest absolute Gasteiger partial charge is 0.391 e. The molecule has 4 heterocycles. The molecule has 1 aromatic carbocycles. The molecule has 0 saturated carbocycles. The lowest BCUT2D eigenvalue weighted by Gasteiger charge is -2.27. The zero-order valence-electron chi connectivity index (χ0n) is 20.5. The fourth-order valence-electron chi connectivity index (χ4n) is 4.39. The molecule has 3 aromatic heterocycles. The van der Waals surface area contributed by atoms with Gasteiger partial charge in [0.2, 0.25) is 0 Å². The summed E-state index contributed by atoms with van der Waals surface area (Å²) in [7, 11) is 0. The average Bonchev–Trinajstić information content (AvgIpc) is 3.53. The predicted octanol–water partition coefficient (Wildman–Crippen LogP) is 4.19. The van der Waals surface area contributed by atoms with Gasteiger partial charge in [-0.15, -0.1) is 0 Å². The number of halogens is 4. The molecule has 1 amide bonds. The number of morpholine rings is 1. The zero-order valence-corrected chi connectivity index (χ0v) is 21.3. The number of nitrogens with zero attached hydrogens (tertiary/aromatic N) is 6. The molecule has 0 radical (unpaired) electrons. The molecule has 0 aliphatic carbocycles. The first-order chi connectivity index (χ1) is 18.7. The van der Waals surface area contributed by atoms with Crippen LogP contribution in [0, 0.1) is 0 Å². The van der Waals surface area contributed by atoms with Crippen molar-refractivity contribution in [3.05, 3.63) is 59.3 Å². The molecular formula is C25H22ClF3N6O4. The molecule has 10 nitrogen and oxygen atoms in total. The van der Waals surface area contributed by atoms with E-state index in [4.69, 9.17) is 20.9 Å². The molecule has 1 aliphatic rings. The van der Waals surface area contributed by atoms with Gasteiger partial charge in [0.15, 0.2) is 11.5 Å². The number of aliphatic hydroxyl groups is 1. The van der Waals surface area contributed by atoms with E-state index in [0.717, 1.165) is 6.20 Å². The largest absolute Gasteiger partial charge is 0.433 e. The van der Waals surface area contributed by atoms with E-state index in [0.29, 0.717) is 31.0 Å². The van der Waals surface area contributed by atoms with Gasteiger partial charge in [0.05, 0.1) is 59.5 Å². The van der Waals surface area contributed by atoms with Gasteiger partial charge in [-0.05, 0) is 19.1 Å². The van der Waals surface area contributed by atoms with Crippen molar-refractivity contribution in [2.24, 2.45) is 0 Å². The standard InChI is InChI=1S/C25H22ClF3N6O4/c1-14(36)12-35-23(25(27,28)29)17(11-32-35)22-19(18-5-6-30-13-31-18)21(33-39-22)15-3-2-4-16(20(15)26)24(37)34-7-9-38-10-8-34/h2-6,11,13-14,36H,7-10,12H2,1H3/t14-/m1/s1. The van der Waals surface area contributed by atoms with E-state index in [2.05, 4.69) is 20.2 Å². The highest BCUT2D eigenvalue weighted by Crippen LogP contribution is 2.45. The Morgan fingerprint density at radius 3 is 2.64 bits per heavy atom. The Labute approximate surface area is 225 Å². The maximum Gasteiger partial charge on any atom is 0.433 e. The molecule has 14 heteroatoms. The molecular weight excluding hydrogens is 541 g/mol. The fourth-order valence-corrected chi connectivity index (χ4v) is 4.69. The number of ether oxygens (including phenoxy) is 1. The molecule has 1 atom stereocenters. The van der Waals surface area contributed by atoms with Gasteiger partial charge in [-0.2, -0.15) is 18.3 Å². The summed E-state index contributed by atoms with van der Waals surface area (Å²) in [5.41, 5.74) is -0.636. The van der Waals surface area contributed by atoms with Crippen LogP contribution in [0.4, 0.5) is 13.2 Å². The minimum Gasteiger partial charge on any atom is -0.391 e. The molecule has 1 saturated heterocycles. The molecule has 39 heavy (non-hydrogen) atoms. The van der Waals surface area contributed by atoms with Crippen LogP contribution in [-0.4, -0.2) is 73.2 Å². The lowest BCUT2D eigenvalue weighted by atomic mass is 9.98. The van der Waals surface area contributed by atoms with Crippen LogP contribution in [0.5, 0.6) is 0 Å². The third-order valence-corrected chi connectivity index (χ3v) is 6.51. The van der Waals surface area contributed by atoms with E-state index < -0.39 is 30.1 Å². The summed E-state index contributed by atoms with van der Waals surface area (Å²) < 4.78 is 54.2. The Kier molecular flexibility index (Phi) is 7.38. The van der Waals surface area contributed by atoms with Crippen molar-refractivity contribution in [1.29, 1.82) is 0 Å². The van der Waals surface area contributed by atoms with E-state index in [-0.39, 0.29) is 44.8 Å². The SMILES string of the molecule is C[C@@H](O)Cn1ncc(-c2onc(-c3cccc(C(=O)N4CCOCC4)c3Cl)c2-c2ccncn2)c1C(F)(F)F. The number of benzene rings is 1. The number of hydrogen-bond donors (Lipinski definition) is 1. The predicted molar refractivity (Wildman–Crippen MR) is 133 cm³/mol. The summed E-state index contributed by atoms with van der Waals surface area (Å²) in [6.07, 6.45) is -2.27. The van der Waals surface area contributed by atoms with Gasteiger partial charge in [0.25, 0.3) is 5.91 Å². The van der Waals surface area contributed by atoms with Gasteiger partial charge < -0.3 is 19.3 Å². The fraction of sp³-hybridized carbons (Fsp3) is 0.320. The lowest BCUT2D eigenvalue weighted by Crippen LogP contribution is -2.40. The minimum absolute atomic E-state index is 0.0602. The second kappa shape index (κ2) is 10.8. The van der Waals surface area contributed by atoms with Gasteiger partial charge in [0.1, 0.15) is 12.0 Å². The Bertz CT molecular complexity index is 1480. The monoisotopic (exact) mass is 562 g/mol. The topological polar surface area (TPSA) is 119 Å². The van der Waals surface area contributed by atoms with Crippen molar-refractivity contribution in [3.8, 4) is 33.8 Å². The third kappa shape index (κ3) is 5.24. The molecule has 0 unspecified atom stereocenters. The molecule has 5 rings (SSSR count). The maximum absolute atomic E-state index is 14.2. The number of rotatable bonds is 6. The van der Waals surface area contributed by atoms with Gasteiger partial charge in [-0.1, -0.05) is 28.9 Å². The second-order valence-corrected chi connectivity index (χ2v) is 9.22. The van der Waals surface area contributed by atoms with Crippen molar-refractivity contribution >= 4 is 17.5 Å². The van der Waals surface area contributed by atoms with Crippen LogP contribution in [0.1, 0.15) is 23.0 Å². The normalized spacial score (nSPS) is 15.0. The molecule has 0 spiro atoms. The highest BCUT2D eigenvalue weighted by atomic mass is 35.5. The first-order valence-corrected chi connectivity index (χ1v) is 12.3. The summed E-state index contributed by atoms with van der Waals surface area (Å²) in [4.78, 5) is 22.9. The highest BCUT2D eigenvalue weighted by Gasteiger charge is 2.41. The van der Waals surface area contributed by atoms with Crippen molar-refractivity contribution in [2.75, 3.05) is 26.3 Å². The summed E-state index contributed by atoms with van der Waals surface area (Å²) >= 11 is 6.72. The van der Waals surface area contributed by atoms with E-state index in [1.807, 2.05) is 0 Å². The molecule has 4 aromatic rings. The van der Waals surface area contributed by atoms with Gasteiger partial charge in [0, 0.05) is 24.8 Å². The van der Waals surface area contributed by atoms with Gasteiger partial charge >= 0.3 is 6.18 Å². The quantitative estimate of drug-likeness (QED) is 0.371. The Balaban J connectivity index is 1.69. The van der Waals surface area contributed by atoms with Crippen LogP contribution in [0.25, 0.3) is 33.8 Å². The van der Waals surface area contributed by atoms with E-state index in [1.54, 1.807) is 23.1 Å². The van der Waals surface area contributed by atoms with Crippen LogP contribution >= 0.6 is 11.6 Å². The molecule has 1 fully saturated rings. The summed E-state index contributed by atoms with van der Waals surface area (Å²) in [6, 6.07) is 6.25. The third-order valence-electron chi connectivity index (χ3n) is 6.10. The number of carbonyl (C=O) groups is 1. The van der Waals surface area contributed by atoms with Crippen LogP contribution in [-0.2, 0) is 17.5 Å². The van der Waals surface area contributed by atoms with Crippen LogP contribution in [0.15, 0.2) is 47.5 Å². The molecule has 204 valence electrons. The van der Waals surface area contributed by atoms with Crippen LogP contribution in [0.2, 0.25) is 5.02 Å². The van der Waals surface area contributed by atoms with Crippen molar-refractivity contribution in [2.45, 2.75) is 25.7 Å². The first-order valence-electron chi connectivity index (χ1n) is 11.9. The van der Waals surface area contributed by atoms with Crippen molar-refractivity contribution in [3.63, 3.8) is 0 Å². The van der Waals surface area contributed by atoms with E-state index >= 15 is 0 Å². The van der Waals surface area contributed by atoms with E-state index in [1.165, 1.54) is 25.5 Å². The number of alkyl halides is 3. The number of aromatic nitrogens is 5. The zero-order chi connectivity index (χ0) is 27.7. The summed E-state index contributed by atoms with van der Waals surface area (Å²) in [6.45, 7) is 2.56. The summed E-state index contributed by atoms with van der Waals surface area (Å²) in [5.74, 6) is -0.565. The van der Waals surface area contributed by atoms with Gasteiger partial charge in [-0.25, -0.2) is 9.97 Å².